The van der Waals surface area contributed by atoms with Gasteiger partial charge in [-0.3, -0.25) is 9.80 Å². The molecule has 1 aromatic rings. The molecule has 21 heavy (non-hydrogen) atoms. The zero-order chi connectivity index (χ0) is 14.2. The molecule has 0 bridgehead atoms. The van der Waals surface area contributed by atoms with Gasteiger partial charge in [-0.1, -0.05) is 6.07 Å². The van der Waals surface area contributed by atoms with Gasteiger partial charge in [0.1, 0.15) is 5.75 Å². The highest BCUT2D eigenvalue weighted by Crippen LogP contribution is 2.31. The van der Waals surface area contributed by atoms with Gasteiger partial charge in [-0.05, 0) is 55.8 Å². The molecule has 2 fully saturated rings. The summed E-state index contributed by atoms with van der Waals surface area (Å²) in [5, 5.41) is 0. The Hall–Kier alpha value is -1.06. The molecule has 4 rings (SSSR count). The van der Waals surface area contributed by atoms with Crippen LogP contribution in [0.5, 0.6) is 5.75 Å². The molecule has 3 nitrogen and oxygen atoms in total. The molecule has 0 N–H and O–H groups in total. The highest BCUT2D eigenvalue weighted by Gasteiger charge is 2.30. The van der Waals surface area contributed by atoms with Crippen LogP contribution in [0.3, 0.4) is 0 Å². The van der Waals surface area contributed by atoms with Crippen LogP contribution in [0, 0.1) is 0 Å². The first kappa shape index (κ1) is 13.6. The monoisotopic (exact) mass is 286 g/mol. The fourth-order valence-electron chi connectivity index (χ4n) is 4.41. The molecule has 0 aromatic heterocycles. The molecule has 3 heteroatoms. The number of ether oxygens (including phenoxy) is 1. The SMILES string of the molecule is COc1cc2c(cc1CN1CCN3CCC[C@@H]3C1)CCC2. The summed E-state index contributed by atoms with van der Waals surface area (Å²) >= 11 is 0. The van der Waals surface area contributed by atoms with Crippen molar-refractivity contribution in [3.8, 4) is 5.75 Å². The molecule has 3 aliphatic rings. The standard InChI is InChI=1S/C18H26N2O/c1-21-18-11-15-5-2-4-14(15)10-16(18)12-19-8-9-20-7-3-6-17(20)13-19/h10-11,17H,2-9,12-13H2,1H3/t17-/m1/s1. The number of hydrogen-bond acceptors (Lipinski definition) is 3. The molecule has 0 radical (unpaired) electrons. The van der Waals surface area contributed by atoms with Gasteiger partial charge in [-0.25, -0.2) is 0 Å². The Kier molecular flexibility index (Phi) is 3.64. The van der Waals surface area contributed by atoms with Crippen molar-refractivity contribution in [2.45, 2.75) is 44.7 Å². The van der Waals surface area contributed by atoms with Crippen LogP contribution in [0.1, 0.15) is 36.0 Å². The lowest BCUT2D eigenvalue weighted by molar-refractivity contribution is 0.0987. The van der Waals surface area contributed by atoms with Crippen molar-refractivity contribution in [3.05, 3.63) is 28.8 Å². The van der Waals surface area contributed by atoms with E-state index in [2.05, 4.69) is 21.9 Å². The molecule has 2 heterocycles. The van der Waals surface area contributed by atoms with Crippen molar-refractivity contribution in [3.63, 3.8) is 0 Å². The van der Waals surface area contributed by atoms with Gasteiger partial charge in [0, 0.05) is 37.8 Å². The van der Waals surface area contributed by atoms with Gasteiger partial charge in [0.15, 0.2) is 0 Å². The van der Waals surface area contributed by atoms with E-state index in [0.717, 1.165) is 18.3 Å². The van der Waals surface area contributed by atoms with Gasteiger partial charge in [-0.2, -0.15) is 0 Å². The predicted octanol–water partition coefficient (Wildman–Crippen LogP) is 2.46. The van der Waals surface area contributed by atoms with E-state index in [0.29, 0.717) is 0 Å². The first-order chi connectivity index (χ1) is 10.3. The third-order valence-electron chi connectivity index (χ3n) is 5.56. The van der Waals surface area contributed by atoms with E-state index in [9.17, 15) is 0 Å². The number of benzene rings is 1. The van der Waals surface area contributed by atoms with Gasteiger partial charge >= 0.3 is 0 Å². The van der Waals surface area contributed by atoms with Crippen molar-refractivity contribution in [2.75, 3.05) is 33.3 Å². The Morgan fingerprint density at radius 1 is 1.10 bits per heavy atom. The van der Waals surface area contributed by atoms with Crippen molar-refractivity contribution >= 4 is 0 Å². The van der Waals surface area contributed by atoms with Gasteiger partial charge in [0.25, 0.3) is 0 Å². The smallest absolute Gasteiger partial charge is 0.123 e. The Morgan fingerprint density at radius 2 is 1.95 bits per heavy atom. The second kappa shape index (κ2) is 5.62. The third-order valence-corrected chi connectivity index (χ3v) is 5.56. The van der Waals surface area contributed by atoms with E-state index < -0.39 is 0 Å². The Bertz CT molecular complexity index is 528. The van der Waals surface area contributed by atoms with Crippen LogP contribution in [-0.4, -0.2) is 49.1 Å². The molecular formula is C18H26N2O. The zero-order valence-electron chi connectivity index (χ0n) is 13.1. The molecule has 2 aliphatic heterocycles. The van der Waals surface area contributed by atoms with Gasteiger partial charge < -0.3 is 4.74 Å². The topological polar surface area (TPSA) is 15.7 Å². The second-order valence-electron chi connectivity index (χ2n) is 6.85. The zero-order valence-corrected chi connectivity index (χ0v) is 13.1. The number of hydrogen-bond donors (Lipinski definition) is 0. The first-order valence-electron chi connectivity index (χ1n) is 8.48. The molecule has 1 atom stereocenters. The molecule has 0 saturated carbocycles. The van der Waals surface area contributed by atoms with Crippen LogP contribution in [0.15, 0.2) is 12.1 Å². The van der Waals surface area contributed by atoms with Crippen LogP contribution in [0.25, 0.3) is 0 Å². The van der Waals surface area contributed by atoms with E-state index in [4.69, 9.17) is 4.74 Å². The fourth-order valence-corrected chi connectivity index (χ4v) is 4.41. The summed E-state index contributed by atoms with van der Waals surface area (Å²) in [6.45, 7) is 6.07. The maximum Gasteiger partial charge on any atom is 0.123 e. The number of nitrogens with zero attached hydrogens (tertiary/aromatic N) is 2. The first-order valence-corrected chi connectivity index (χ1v) is 8.48. The number of methoxy groups -OCH3 is 1. The van der Waals surface area contributed by atoms with Crippen molar-refractivity contribution in [1.82, 2.24) is 9.80 Å². The summed E-state index contributed by atoms with van der Waals surface area (Å²) in [4.78, 5) is 5.31. The average Bonchev–Trinajstić information content (AvgIpc) is 3.13. The summed E-state index contributed by atoms with van der Waals surface area (Å²) in [5.74, 6) is 1.10. The number of aryl methyl sites for hydroxylation is 2. The minimum absolute atomic E-state index is 0.805. The number of fused-ring (bicyclic) bond motifs is 2. The van der Waals surface area contributed by atoms with E-state index in [-0.39, 0.29) is 0 Å². The highest BCUT2D eigenvalue weighted by atomic mass is 16.5. The van der Waals surface area contributed by atoms with Crippen molar-refractivity contribution < 1.29 is 4.74 Å². The lowest BCUT2D eigenvalue weighted by Gasteiger charge is -2.37. The van der Waals surface area contributed by atoms with Crippen LogP contribution in [-0.2, 0) is 19.4 Å². The molecule has 1 aliphatic carbocycles. The summed E-state index contributed by atoms with van der Waals surface area (Å²) in [7, 11) is 1.81. The minimum Gasteiger partial charge on any atom is -0.496 e. The Labute approximate surface area is 127 Å². The van der Waals surface area contributed by atoms with Gasteiger partial charge in [0.2, 0.25) is 0 Å². The normalized spacial score (nSPS) is 25.9. The Balaban J connectivity index is 1.51. The van der Waals surface area contributed by atoms with Gasteiger partial charge in [0.05, 0.1) is 7.11 Å². The van der Waals surface area contributed by atoms with E-state index in [1.807, 2.05) is 7.11 Å². The van der Waals surface area contributed by atoms with E-state index in [1.165, 1.54) is 69.4 Å². The number of piperazine rings is 1. The van der Waals surface area contributed by atoms with Crippen LogP contribution in [0.4, 0.5) is 0 Å². The lowest BCUT2D eigenvalue weighted by atomic mass is 10.0. The van der Waals surface area contributed by atoms with E-state index in [1.54, 1.807) is 5.56 Å². The molecule has 1 aromatic carbocycles. The van der Waals surface area contributed by atoms with Crippen LogP contribution >= 0.6 is 0 Å². The van der Waals surface area contributed by atoms with Crippen molar-refractivity contribution in [2.24, 2.45) is 0 Å². The predicted molar refractivity (Wildman–Crippen MR) is 84.9 cm³/mol. The largest absolute Gasteiger partial charge is 0.496 e. The molecule has 0 unspecified atom stereocenters. The maximum absolute atomic E-state index is 5.66. The van der Waals surface area contributed by atoms with Gasteiger partial charge in [-0.15, -0.1) is 0 Å². The van der Waals surface area contributed by atoms with Crippen molar-refractivity contribution in [1.29, 1.82) is 0 Å². The quantitative estimate of drug-likeness (QED) is 0.849. The third kappa shape index (κ3) is 2.58. The molecule has 0 amide bonds. The fraction of sp³-hybridized carbons (Fsp3) is 0.667. The lowest BCUT2D eigenvalue weighted by Crippen LogP contribution is -2.49. The maximum atomic E-state index is 5.66. The molecule has 0 spiro atoms. The van der Waals surface area contributed by atoms with Crippen LogP contribution < -0.4 is 4.74 Å². The molecule has 114 valence electrons. The summed E-state index contributed by atoms with van der Waals surface area (Å²) in [6, 6.07) is 5.52. The summed E-state index contributed by atoms with van der Waals surface area (Å²) in [5.41, 5.74) is 4.46. The molecule has 2 saturated heterocycles. The minimum atomic E-state index is 0.805. The average molecular weight is 286 g/mol. The second-order valence-corrected chi connectivity index (χ2v) is 6.85. The number of rotatable bonds is 3. The van der Waals surface area contributed by atoms with Crippen LogP contribution in [0.2, 0.25) is 0 Å². The summed E-state index contributed by atoms with van der Waals surface area (Å²) in [6.07, 6.45) is 6.57. The molecular weight excluding hydrogens is 260 g/mol. The van der Waals surface area contributed by atoms with E-state index >= 15 is 0 Å². The highest BCUT2D eigenvalue weighted by molar-refractivity contribution is 5.44. The Morgan fingerprint density at radius 3 is 2.81 bits per heavy atom. The summed E-state index contributed by atoms with van der Waals surface area (Å²) < 4.78 is 5.66.